The van der Waals surface area contributed by atoms with Gasteiger partial charge in [0.25, 0.3) is 5.91 Å². The second-order valence-corrected chi connectivity index (χ2v) is 7.67. The number of nitrogens with one attached hydrogen (secondary N) is 1. The zero-order chi connectivity index (χ0) is 18.7. The summed E-state index contributed by atoms with van der Waals surface area (Å²) < 4.78 is 18.9. The van der Waals surface area contributed by atoms with Crippen LogP contribution in [0.15, 0.2) is 48.5 Å². The van der Waals surface area contributed by atoms with Crippen LogP contribution in [0.4, 0.5) is 4.39 Å². The highest BCUT2D eigenvalue weighted by Gasteiger charge is 2.38. The van der Waals surface area contributed by atoms with Crippen LogP contribution in [0.25, 0.3) is 0 Å². The molecule has 1 N–H and O–H groups in total. The van der Waals surface area contributed by atoms with Crippen LogP contribution in [0, 0.1) is 11.2 Å². The average Bonchev–Trinajstić information content (AvgIpc) is 3.15. The van der Waals surface area contributed by atoms with Gasteiger partial charge in [-0.15, -0.1) is 0 Å². The van der Waals surface area contributed by atoms with Crippen LogP contribution in [0.2, 0.25) is 0 Å². The van der Waals surface area contributed by atoms with Crippen LogP contribution in [-0.2, 0) is 6.61 Å². The van der Waals surface area contributed by atoms with E-state index in [1.807, 2.05) is 29.2 Å². The molecule has 1 amide bonds. The maximum atomic E-state index is 13.2. The first kappa shape index (κ1) is 18.0. The molecule has 0 radical (unpaired) electrons. The van der Waals surface area contributed by atoms with Crippen LogP contribution >= 0.6 is 0 Å². The highest BCUT2D eigenvalue weighted by molar-refractivity contribution is 5.94. The Morgan fingerprint density at radius 2 is 1.93 bits per heavy atom. The Balaban J connectivity index is 1.37. The predicted molar refractivity (Wildman–Crippen MR) is 102 cm³/mol. The van der Waals surface area contributed by atoms with E-state index in [1.165, 1.54) is 18.6 Å². The molecule has 2 aromatic carbocycles. The molecule has 2 aliphatic heterocycles. The molecule has 2 aliphatic rings. The second-order valence-electron chi connectivity index (χ2n) is 7.67. The molecular formula is C22H25FN2O2. The van der Waals surface area contributed by atoms with Gasteiger partial charge in [0.1, 0.15) is 18.2 Å². The van der Waals surface area contributed by atoms with E-state index < -0.39 is 0 Å². The maximum absolute atomic E-state index is 13.2. The molecule has 0 bridgehead atoms. The minimum atomic E-state index is -0.322. The molecule has 2 heterocycles. The van der Waals surface area contributed by atoms with Crippen molar-refractivity contribution < 1.29 is 13.9 Å². The summed E-state index contributed by atoms with van der Waals surface area (Å²) >= 11 is 0. The van der Waals surface area contributed by atoms with Crippen molar-refractivity contribution in [2.75, 3.05) is 26.2 Å². The van der Waals surface area contributed by atoms with Gasteiger partial charge in [-0.3, -0.25) is 4.79 Å². The number of hydrogen-bond acceptors (Lipinski definition) is 3. The van der Waals surface area contributed by atoms with Crippen molar-refractivity contribution in [3.63, 3.8) is 0 Å². The summed E-state index contributed by atoms with van der Waals surface area (Å²) in [5.41, 5.74) is 1.99. The fraction of sp³-hybridized carbons (Fsp3) is 0.409. The molecule has 2 saturated heterocycles. The van der Waals surface area contributed by atoms with E-state index in [4.69, 9.17) is 4.74 Å². The molecule has 142 valence electrons. The van der Waals surface area contributed by atoms with Gasteiger partial charge in [0.2, 0.25) is 0 Å². The van der Waals surface area contributed by atoms with Gasteiger partial charge < -0.3 is 15.0 Å². The van der Waals surface area contributed by atoms with Crippen LogP contribution in [-0.4, -0.2) is 37.0 Å². The average molecular weight is 368 g/mol. The highest BCUT2D eigenvalue weighted by Crippen LogP contribution is 2.37. The fourth-order valence-electron chi connectivity index (χ4n) is 4.11. The van der Waals surface area contributed by atoms with Gasteiger partial charge in [-0.2, -0.15) is 0 Å². The number of carbonyl (C=O) groups is 1. The fourth-order valence-corrected chi connectivity index (χ4v) is 4.11. The molecule has 0 saturated carbocycles. The molecular weight excluding hydrogens is 343 g/mol. The second kappa shape index (κ2) is 7.69. The molecule has 0 aromatic heterocycles. The van der Waals surface area contributed by atoms with Gasteiger partial charge in [0, 0.05) is 31.3 Å². The lowest BCUT2D eigenvalue weighted by molar-refractivity contribution is 0.0607. The summed E-state index contributed by atoms with van der Waals surface area (Å²) in [6, 6.07) is 13.6. The first-order chi connectivity index (χ1) is 13.1. The Hall–Kier alpha value is -2.40. The molecule has 4 nitrogen and oxygen atoms in total. The monoisotopic (exact) mass is 368 g/mol. The minimum absolute atomic E-state index is 0.0865. The van der Waals surface area contributed by atoms with Crippen LogP contribution in [0.5, 0.6) is 5.75 Å². The Kier molecular flexibility index (Phi) is 5.12. The highest BCUT2D eigenvalue weighted by atomic mass is 19.1. The Bertz CT molecular complexity index is 807. The van der Waals surface area contributed by atoms with Crippen molar-refractivity contribution in [2.24, 2.45) is 5.41 Å². The number of nitrogens with zero attached hydrogens (tertiary/aromatic N) is 1. The normalized spacial score (nSPS) is 18.6. The molecule has 2 aromatic rings. The van der Waals surface area contributed by atoms with Gasteiger partial charge in [0.15, 0.2) is 0 Å². The molecule has 0 atom stereocenters. The lowest BCUT2D eigenvalue weighted by Crippen LogP contribution is -2.44. The van der Waals surface area contributed by atoms with Crippen molar-refractivity contribution in [3.05, 3.63) is 65.5 Å². The van der Waals surface area contributed by atoms with Crippen molar-refractivity contribution in [1.82, 2.24) is 10.2 Å². The first-order valence-electron chi connectivity index (χ1n) is 9.61. The van der Waals surface area contributed by atoms with Gasteiger partial charge in [-0.05, 0) is 61.1 Å². The number of piperidine rings is 1. The molecule has 5 heteroatoms. The summed E-state index contributed by atoms with van der Waals surface area (Å²) in [7, 11) is 0. The van der Waals surface area contributed by atoms with Gasteiger partial charge in [-0.1, -0.05) is 18.2 Å². The summed E-state index contributed by atoms with van der Waals surface area (Å²) in [5.74, 6) is 0.249. The van der Waals surface area contributed by atoms with Crippen molar-refractivity contribution in [1.29, 1.82) is 0 Å². The van der Waals surface area contributed by atoms with Crippen molar-refractivity contribution in [2.45, 2.75) is 25.9 Å². The quantitative estimate of drug-likeness (QED) is 0.896. The molecule has 1 spiro atoms. The predicted octanol–water partition coefficient (Wildman–Crippen LogP) is 3.62. The van der Waals surface area contributed by atoms with E-state index in [0.29, 0.717) is 23.3 Å². The van der Waals surface area contributed by atoms with Crippen molar-refractivity contribution in [3.8, 4) is 5.75 Å². The van der Waals surface area contributed by atoms with Gasteiger partial charge >= 0.3 is 0 Å². The number of hydrogen-bond donors (Lipinski definition) is 1. The maximum Gasteiger partial charge on any atom is 0.253 e. The smallest absolute Gasteiger partial charge is 0.253 e. The minimum Gasteiger partial charge on any atom is -0.489 e. The van der Waals surface area contributed by atoms with E-state index in [1.54, 1.807) is 12.1 Å². The molecule has 0 unspecified atom stereocenters. The number of likely N-dealkylation sites (tertiary alicyclic amines) is 1. The van der Waals surface area contributed by atoms with Gasteiger partial charge in [0.05, 0.1) is 0 Å². The third-order valence-corrected chi connectivity index (χ3v) is 5.82. The lowest BCUT2D eigenvalue weighted by atomic mass is 9.78. The Morgan fingerprint density at radius 3 is 2.67 bits per heavy atom. The van der Waals surface area contributed by atoms with Crippen LogP contribution in [0.1, 0.15) is 35.2 Å². The number of ether oxygens (including phenoxy) is 1. The number of benzene rings is 2. The van der Waals surface area contributed by atoms with E-state index >= 15 is 0 Å². The zero-order valence-electron chi connectivity index (χ0n) is 15.4. The summed E-state index contributed by atoms with van der Waals surface area (Å²) in [6.45, 7) is 4.14. The summed E-state index contributed by atoms with van der Waals surface area (Å²) in [4.78, 5) is 14.9. The number of amides is 1. The summed E-state index contributed by atoms with van der Waals surface area (Å²) in [5, 5.41) is 3.46. The van der Waals surface area contributed by atoms with E-state index in [2.05, 4.69) is 5.32 Å². The SMILES string of the molecule is O=C(c1cccc(COc2cccc(F)c2)c1)N1CCC2(CCNC2)CC1. The molecule has 4 rings (SSSR count). The zero-order valence-corrected chi connectivity index (χ0v) is 15.4. The van der Waals surface area contributed by atoms with E-state index in [9.17, 15) is 9.18 Å². The first-order valence-corrected chi connectivity index (χ1v) is 9.61. The Labute approximate surface area is 159 Å². The molecule has 2 fully saturated rings. The molecule has 27 heavy (non-hydrogen) atoms. The largest absolute Gasteiger partial charge is 0.489 e. The third kappa shape index (κ3) is 4.14. The number of halogens is 1. The van der Waals surface area contributed by atoms with Crippen LogP contribution in [0.3, 0.4) is 0 Å². The van der Waals surface area contributed by atoms with Gasteiger partial charge in [-0.25, -0.2) is 4.39 Å². The number of rotatable bonds is 4. The number of carbonyl (C=O) groups excluding carboxylic acids is 1. The molecule has 0 aliphatic carbocycles. The Morgan fingerprint density at radius 1 is 1.11 bits per heavy atom. The van der Waals surface area contributed by atoms with Crippen LogP contribution < -0.4 is 10.1 Å². The topological polar surface area (TPSA) is 41.6 Å². The third-order valence-electron chi connectivity index (χ3n) is 5.82. The van der Waals surface area contributed by atoms with E-state index in [0.717, 1.165) is 44.6 Å². The standard InChI is InChI=1S/C22H25FN2O2/c23-19-5-2-6-20(14-19)27-15-17-3-1-4-18(13-17)21(26)25-11-8-22(9-12-25)7-10-24-16-22/h1-6,13-14,24H,7-12,15-16H2. The van der Waals surface area contributed by atoms with E-state index in [-0.39, 0.29) is 11.7 Å². The summed E-state index contributed by atoms with van der Waals surface area (Å²) in [6.07, 6.45) is 3.38. The van der Waals surface area contributed by atoms with Crippen molar-refractivity contribution >= 4 is 5.91 Å². The lowest BCUT2D eigenvalue weighted by Gasteiger charge is -2.39.